The predicted molar refractivity (Wildman–Crippen MR) is 123 cm³/mol. The third-order valence-electron chi connectivity index (χ3n) is 5.42. The van der Waals surface area contributed by atoms with Gasteiger partial charge in [-0.15, -0.1) is 0 Å². The molecule has 0 spiro atoms. The van der Waals surface area contributed by atoms with E-state index in [4.69, 9.17) is 9.97 Å². The second kappa shape index (κ2) is 7.20. The zero-order valence-corrected chi connectivity index (χ0v) is 16.9. The third-order valence-corrected chi connectivity index (χ3v) is 5.42. The van der Waals surface area contributed by atoms with Crippen molar-refractivity contribution in [2.45, 2.75) is 13.8 Å². The second-order valence-electron chi connectivity index (χ2n) is 7.51. The molecule has 3 heteroatoms. The van der Waals surface area contributed by atoms with Crippen molar-refractivity contribution in [3.8, 4) is 22.3 Å². The minimum atomic E-state index is -0.0537. The molecule has 2 heterocycles. The highest BCUT2D eigenvalue weighted by Crippen LogP contribution is 2.36. The summed E-state index contributed by atoms with van der Waals surface area (Å²) in [5, 5.41) is 2.03. The van der Waals surface area contributed by atoms with Crippen molar-refractivity contribution in [3.05, 3.63) is 96.3 Å². The molecule has 5 rings (SSSR count). The van der Waals surface area contributed by atoms with Crippen LogP contribution in [0.15, 0.2) is 84.9 Å². The lowest BCUT2D eigenvalue weighted by molar-refractivity contribution is 0.101. The highest BCUT2D eigenvalue weighted by molar-refractivity contribution is 6.13. The number of benzene rings is 3. The smallest absolute Gasteiger partial charge is 0.178 e. The van der Waals surface area contributed by atoms with Gasteiger partial charge in [0.25, 0.3) is 0 Å². The Bertz CT molecular complexity index is 1410. The van der Waals surface area contributed by atoms with Crippen molar-refractivity contribution >= 4 is 27.6 Å². The van der Waals surface area contributed by atoms with Gasteiger partial charge in [0.2, 0.25) is 0 Å². The maximum atomic E-state index is 12.3. The van der Waals surface area contributed by atoms with E-state index >= 15 is 0 Å². The monoisotopic (exact) mass is 388 g/mol. The van der Waals surface area contributed by atoms with Gasteiger partial charge in [0.15, 0.2) is 5.78 Å². The number of ketones is 1. The summed E-state index contributed by atoms with van der Waals surface area (Å²) in [5.74, 6) is -0.0537. The zero-order valence-electron chi connectivity index (χ0n) is 16.9. The molecule has 0 bridgehead atoms. The van der Waals surface area contributed by atoms with Crippen molar-refractivity contribution in [2.24, 2.45) is 0 Å². The molecule has 0 amide bonds. The van der Waals surface area contributed by atoms with E-state index in [0.29, 0.717) is 5.69 Å². The van der Waals surface area contributed by atoms with Crippen molar-refractivity contribution in [1.29, 1.82) is 0 Å². The lowest BCUT2D eigenvalue weighted by atomic mass is 9.95. The van der Waals surface area contributed by atoms with E-state index in [9.17, 15) is 4.79 Å². The lowest BCUT2D eigenvalue weighted by Crippen LogP contribution is -2.00. The molecular formula is C27H20N2O. The number of pyridine rings is 2. The maximum Gasteiger partial charge on any atom is 0.178 e. The quantitative estimate of drug-likeness (QED) is 0.257. The number of fused-ring (bicyclic) bond motifs is 3. The van der Waals surface area contributed by atoms with Gasteiger partial charge in [-0.2, -0.15) is 0 Å². The van der Waals surface area contributed by atoms with Gasteiger partial charge < -0.3 is 0 Å². The number of aromatic nitrogens is 2. The molecule has 30 heavy (non-hydrogen) atoms. The van der Waals surface area contributed by atoms with Crippen LogP contribution in [0.25, 0.3) is 44.1 Å². The average Bonchev–Trinajstić information content (AvgIpc) is 2.78. The van der Waals surface area contributed by atoms with E-state index in [-0.39, 0.29) is 5.78 Å². The topological polar surface area (TPSA) is 42.9 Å². The lowest BCUT2D eigenvalue weighted by Gasteiger charge is -2.13. The summed E-state index contributed by atoms with van der Waals surface area (Å²) in [6.45, 7) is 3.56. The number of Topliss-reactive ketones (excluding diaryl/α,β-unsaturated/α-hetero) is 1. The molecular weight excluding hydrogens is 368 g/mol. The van der Waals surface area contributed by atoms with E-state index < -0.39 is 0 Å². The fourth-order valence-electron chi connectivity index (χ4n) is 4.00. The van der Waals surface area contributed by atoms with E-state index in [1.54, 1.807) is 6.92 Å². The number of aryl methyl sites for hydroxylation is 1. The number of carbonyl (C=O) groups excluding carboxylic acids is 1. The first-order valence-electron chi connectivity index (χ1n) is 9.99. The van der Waals surface area contributed by atoms with Gasteiger partial charge in [-0.25, -0.2) is 4.98 Å². The van der Waals surface area contributed by atoms with Gasteiger partial charge in [-0.1, -0.05) is 72.8 Å². The van der Waals surface area contributed by atoms with Crippen molar-refractivity contribution in [3.63, 3.8) is 0 Å². The second-order valence-corrected chi connectivity index (χ2v) is 7.51. The summed E-state index contributed by atoms with van der Waals surface area (Å²) >= 11 is 0. The van der Waals surface area contributed by atoms with Crippen LogP contribution in [-0.2, 0) is 0 Å². The standard InChI is InChI=1S/C27H20N2O/c1-17-15-23(19-9-5-3-6-10-19)21-13-14-22-24(20-11-7-4-8-12-20)16-25(18(2)30)29-27(22)26(21)28-17/h3-16H,1-2H3. The molecule has 5 aromatic rings. The Morgan fingerprint density at radius 3 is 1.70 bits per heavy atom. The van der Waals surface area contributed by atoms with Gasteiger partial charge in [-0.3, -0.25) is 9.78 Å². The number of hydrogen-bond acceptors (Lipinski definition) is 3. The van der Waals surface area contributed by atoms with Crippen LogP contribution in [0.4, 0.5) is 0 Å². The van der Waals surface area contributed by atoms with Crippen LogP contribution in [0.2, 0.25) is 0 Å². The molecule has 0 aliphatic heterocycles. The van der Waals surface area contributed by atoms with Crippen LogP contribution in [0.3, 0.4) is 0 Å². The molecule has 0 aliphatic carbocycles. The van der Waals surface area contributed by atoms with Crippen LogP contribution in [0.1, 0.15) is 23.1 Å². The molecule has 0 atom stereocenters. The average molecular weight is 388 g/mol. The Balaban J connectivity index is 1.91. The van der Waals surface area contributed by atoms with Crippen LogP contribution in [0, 0.1) is 6.92 Å². The number of hydrogen-bond donors (Lipinski definition) is 0. The number of nitrogens with zero attached hydrogens (tertiary/aromatic N) is 2. The number of rotatable bonds is 3. The summed E-state index contributed by atoms with van der Waals surface area (Å²) in [4.78, 5) is 21.9. The molecule has 0 fully saturated rings. The van der Waals surface area contributed by atoms with Crippen LogP contribution in [-0.4, -0.2) is 15.8 Å². The summed E-state index contributed by atoms with van der Waals surface area (Å²) in [6.07, 6.45) is 0. The van der Waals surface area contributed by atoms with Crippen molar-refractivity contribution < 1.29 is 4.79 Å². The van der Waals surface area contributed by atoms with Gasteiger partial charge in [0.1, 0.15) is 5.69 Å². The SMILES string of the molecule is CC(=O)c1cc(-c2ccccc2)c2ccc3c(-c4ccccc4)cc(C)nc3c2n1. The fraction of sp³-hybridized carbons (Fsp3) is 0.0741. The molecule has 0 saturated carbocycles. The van der Waals surface area contributed by atoms with Gasteiger partial charge in [0.05, 0.1) is 11.0 Å². The van der Waals surface area contributed by atoms with Crippen LogP contribution >= 0.6 is 0 Å². The van der Waals surface area contributed by atoms with Crippen molar-refractivity contribution in [2.75, 3.05) is 0 Å². The zero-order chi connectivity index (χ0) is 20.7. The highest BCUT2D eigenvalue weighted by Gasteiger charge is 2.16. The molecule has 3 aromatic carbocycles. The van der Waals surface area contributed by atoms with Gasteiger partial charge >= 0.3 is 0 Å². The molecule has 2 aromatic heterocycles. The normalized spacial score (nSPS) is 11.1. The molecule has 0 saturated heterocycles. The third kappa shape index (κ3) is 3.05. The Labute approximate surface area is 175 Å². The molecule has 0 radical (unpaired) electrons. The molecule has 0 aliphatic rings. The summed E-state index contributed by atoms with van der Waals surface area (Å²) in [7, 11) is 0. The summed E-state index contributed by atoms with van der Waals surface area (Å²) < 4.78 is 0. The Morgan fingerprint density at radius 2 is 1.17 bits per heavy atom. The van der Waals surface area contributed by atoms with Crippen LogP contribution < -0.4 is 0 Å². The Morgan fingerprint density at radius 1 is 0.667 bits per heavy atom. The first kappa shape index (κ1) is 18.2. The van der Waals surface area contributed by atoms with Gasteiger partial charge in [0, 0.05) is 23.4 Å². The van der Waals surface area contributed by atoms with Crippen LogP contribution in [0.5, 0.6) is 0 Å². The first-order valence-corrected chi connectivity index (χ1v) is 9.99. The van der Waals surface area contributed by atoms with E-state index in [1.807, 2.05) is 49.4 Å². The van der Waals surface area contributed by atoms with E-state index in [2.05, 4.69) is 42.5 Å². The summed E-state index contributed by atoms with van der Waals surface area (Å²) in [6, 6.07) is 28.6. The summed E-state index contributed by atoms with van der Waals surface area (Å²) in [5.41, 5.74) is 7.28. The minimum absolute atomic E-state index is 0.0537. The molecule has 0 unspecified atom stereocenters. The first-order chi connectivity index (χ1) is 14.6. The molecule has 144 valence electrons. The molecule has 0 N–H and O–H groups in total. The van der Waals surface area contributed by atoms with Crippen molar-refractivity contribution in [1.82, 2.24) is 9.97 Å². The number of carbonyl (C=O) groups is 1. The largest absolute Gasteiger partial charge is 0.293 e. The van der Waals surface area contributed by atoms with E-state index in [0.717, 1.165) is 49.8 Å². The Hall–Kier alpha value is -3.85. The minimum Gasteiger partial charge on any atom is -0.293 e. The maximum absolute atomic E-state index is 12.3. The molecule has 3 nitrogen and oxygen atoms in total. The van der Waals surface area contributed by atoms with Gasteiger partial charge in [-0.05, 0) is 41.3 Å². The highest BCUT2D eigenvalue weighted by atomic mass is 16.1. The predicted octanol–water partition coefficient (Wildman–Crippen LogP) is 6.63. The Kier molecular flexibility index (Phi) is 4.36. The van der Waals surface area contributed by atoms with E-state index in [1.165, 1.54) is 0 Å². The fourth-order valence-corrected chi connectivity index (χ4v) is 4.00.